The van der Waals surface area contributed by atoms with Gasteiger partial charge in [-0.2, -0.15) is 5.26 Å². The van der Waals surface area contributed by atoms with E-state index < -0.39 is 9.84 Å². The lowest BCUT2D eigenvalue weighted by Crippen LogP contribution is -2.21. The molecule has 1 unspecified atom stereocenters. The summed E-state index contributed by atoms with van der Waals surface area (Å²) in [6.07, 6.45) is 2.01. The summed E-state index contributed by atoms with van der Waals surface area (Å²) in [4.78, 5) is 4.01. The first kappa shape index (κ1) is 12.1. The average molecular weight is 272 g/mol. The number of rotatable bonds is 2. The molecule has 0 aliphatic carbocycles. The van der Waals surface area contributed by atoms with Crippen molar-refractivity contribution < 1.29 is 8.42 Å². The van der Waals surface area contributed by atoms with Crippen LogP contribution in [0.3, 0.4) is 0 Å². The van der Waals surface area contributed by atoms with Crippen LogP contribution in [0.15, 0.2) is 12.3 Å². The Hall–Kier alpha value is -1.32. The molecule has 0 radical (unpaired) electrons. The van der Waals surface area contributed by atoms with Crippen molar-refractivity contribution in [2.75, 3.05) is 16.8 Å². The largest absolute Gasteiger partial charge is 0.365 e. The summed E-state index contributed by atoms with van der Waals surface area (Å²) in [5.41, 5.74) is 0.324. The molecule has 1 aliphatic rings. The fourth-order valence-electron chi connectivity index (χ4n) is 1.73. The van der Waals surface area contributed by atoms with Crippen LogP contribution in [0.5, 0.6) is 0 Å². The maximum Gasteiger partial charge on any atom is 0.152 e. The molecule has 1 N–H and O–H groups in total. The van der Waals surface area contributed by atoms with E-state index in [0.29, 0.717) is 17.8 Å². The van der Waals surface area contributed by atoms with Gasteiger partial charge in [-0.15, -0.1) is 0 Å². The Balaban J connectivity index is 2.18. The fourth-order valence-corrected chi connectivity index (χ4v) is 3.61. The number of hydrogen-bond donors (Lipinski definition) is 1. The number of aromatic nitrogens is 1. The van der Waals surface area contributed by atoms with Crippen molar-refractivity contribution in [1.82, 2.24) is 4.98 Å². The molecule has 5 nitrogen and oxygen atoms in total. The third kappa shape index (κ3) is 2.68. The molecule has 90 valence electrons. The molecule has 17 heavy (non-hydrogen) atoms. The minimum Gasteiger partial charge on any atom is -0.365 e. The molecular weight excluding hydrogens is 262 g/mol. The lowest BCUT2D eigenvalue weighted by molar-refractivity contribution is 0.602. The Bertz CT molecular complexity index is 580. The first-order chi connectivity index (χ1) is 8.02. The highest BCUT2D eigenvalue weighted by Crippen LogP contribution is 2.25. The number of nitrogens with zero attached hydrogens (tertiary/aromatic N) is 2. The van der Waals surface area contributed by atoms with Crippen LogP contribution >= 0.6 is 11.6 Å². The van der Waals surface area contributed by atoms with Gasteiger partial charge >= 0.3 is 0 Å². The molecule has 1 aromatic heterocycles. The number of halogens is 1. The van der Waals surface area contributed by atoms with E-state index in [2.05, 4.69) is 10.3 Å². The van der Waals surface area contributed by atoms with E-state index in [1.54, 1.807) is 0 Å². The van der Waals surface area contributed by atoms with Crippen LogP contribution < -0.4 is 5.32 Å². The molecule has 0 spiro atoms. The summed E-state index contributed by atoms with van der Waals surface area (Å²) in [6.45, 7) is 0. The van der Waals surface area contributed by atoms with Crippen LogP contribution in [0, 0.1) is 11.3 Å². The van der Waals surface area contributed by atoms with Crippen LogP contribution in [-0.4, -0.2) is 30.9 Å². The highest BCUT2D eigenvalue weighted by atomic mass is 35.5. The summed E-state index contributed by atoms with van der Waals surface area (Å²) >= 11 is 5.96. The second-order valence-corrected chi connectivity index (χ2v) is 6.48. The van der Waals surface area contributed by atoms with Crippen molar-refractivity contribution in [2.45, 2.75) is 12.5 Å². The lowest BCUT2D eigenvalue weighted by atomic mass is 10.2. The van der Waals surface area contributed by atoms with Gasteiger partial charge in [-0.25, -0.2) is 13.4 Å². The molecule has 2 rings (SSSR count). The van der Waals surface area contributed by atoms with Gasteiger partial charge in [0.2, 0.25) is 0 Å². The van der Waals surface area contributed by atoms with Gasteiger partial charge in [0.25, 0.3) is 0 Å². The molecule has 7 heteroatoms. The smallest absolute Gasteiger partial charge is 0.152 e. The van der Waals surface area contributed by atoms with E-state index >= 15 is 0 Å². The fraction of sp³-hybridized carbons (Fsp3) is 0.400. The van der Waals surface area contributed by atoms with Gasteiger partial charge in [0.15, 0.2) is 9.84 Å². The van der Waals surface area contributed by atoms with E-state index in [0.717, 1.165) is 0 Å². The van der Waals surface area contributed by atoms with E-state index in [1.165, 1.54) is 12.3 Å². The number of anilines is 1. The monoisotopic (exact) mass is 271 g/mol. The van der Waals surface area contributed by atoms with Gasteiger partial charge in [0, 0.05) is 12.2 Å². The first-order valence-corrected chi connectivity index (χ1v) is 7.23. The summed E-state index contributed by atoms with van der Waals surface area (Å²) < 4.78 is 22.6. The van der Waals surface area contributed by atoms with Crippen molar-refractivity contribution in [2.24, 2.45) is 0 Å². The van der Waals surface area contributed by atoms with E-state index in [9.17, 15) is 8.42 Å². The van der Waals surface area contributed by atoms with Gasteiger partial charge in [-0.3, -0.25) is 0 Å². The second-order valence-electron chi connectivity index (χ2n) is 3.88. The van der Waals surface area contributed by atoms with Gasteiger partial charge in [-0.05, 0) is 12.5 Å². The molecule has 1 aliphatic heterocycles. The highest BCUT2D eigenvalue weighted by Gasteiger charge is 2.28. The van der Waals surface area contributed by atoms with Crippen LogP contribution in [0.4, 0.5) is 5.82 Å². The Kier molecular flexibility index (Phi) is 3.22. The van der Waals surface area contributed by atoms with Crippen molar-refractivity contribution in [1.29, 1.82) is 5.26 Å². The Labute approximate surface area is 104 Å². The molecule has 1 fully saturated rings. The molecule has 2 heterocycles. The molecule has 0 amide bonds. The highest BCUT2D eigenvalue weighted by molar-refractivity contribution is 7.91. The van der Waals surface area contributed by atoms with E-state index in [1.807, 2.05) is 6.07 Å². The summed E-state index contributed by atoms with van der Waals surface area (Å²) in [5.74, 6) is 0.634. The number of hydrogen-bond acceptors (Lipinski definition) is 5. The van der Waals surface area contributed by atoms with Crippen molar-refractivity contribution in [3.8, 4) is 6.07 Å². The first-order valence-electron chi connectivity index (χ1n) is 5.03. The van der Waals surface area contributed by atoms with Crippen LogP contribution in [0.25, 0.3) is 0 Å². The average Bonchev–Trinajstić information content (AvgIpc) is 2.61. The maximum absolute atomic E-state index is 11.3. The van der Waals surface area contributed by atoms with Crippen molar-refractivity contribution >= 4 is 27.3 Å². The van der Waals surface area contributed by atoms with E-state index in [-0.39, 0.29) is 22.6 Å². The number of nitriles is 1. The zero-order valence-electron chi connectivity index (χ0n) is 8.85. The summed E-state index contributed by atoms with van der Waals surface area (Å²) in [6, 6.07) is 3.28. The normalized spacial score (nSPS) is 22.0. The third-order valence-electron chi connectivity index (χ3n) is 2.58. The predicted octanol–water partition coefficient (Wildman–Crippen LogP) is 1.21. The topological polar surface area (TPSA) is 82.8 Å². The molecule has 1 aromatic rings. The van der Waals surface area contributed by atoms with Gasteiger partial charge in [0.05, 0.1) is 17.1 Å². The van der Waals surface area contributed by atoms with Crippen LogP contribution in [-0.2, 0) is 9.84 Å². The number of nitrogens with one attached hydrogen (secondary N) is 1. The molecule has 0 saturated carbocycles. The minimum atomic E-state index is -2.94. The SMILES string of the molecule is N#Cc1ccnc(NC2CCS(=O)(=O)C2)c1Cl. The Morgan fingerprint density at radius 2 is 2.35 bits per heavy atom. The number of pyridine rings is 1. The third-order valence-corrected chi connectivity index (χ3v) is 4.73. The molecule has 1 saturated heterocycles. The van der Waals surface area contributed by atoms with E-state index in [4.69, 9.17) is 16.9 Å². The maximum atomic E-state index is 11.3. The molecule has 0 bridgehead atoms. The van der Waals surface area contributed by atoms with Gasteiger partial charge in [-0.1, -0.05) is 11.6 Å². The predicted molar refractivity (Wildman–Crippen MR) is 64.6 cm³/mol. The second kappa shape index (κ2) is 4.51. The Morgan fingerprint density at radius 1 is 1.59 bits per heavy atom. The molecule has 1 atom stereocenters. The van der Waals surface area contributed by atoms with Crippen molar-refractivity contribution in [3.05, 3.63) is 22.8 Å². The number of sulfone groups is 1. The summed E-state index contributed by atoms with van der Waals surface area (Å²) in [5, 5.41) is 12.0. The minimum absolute atomic E-state index is 0.0851. The quantitative estimate of drug-likeness (QED) is 0.874. The van der Waals surface area contributed by atoms with Gasteiger partial charge < -0.3 is 5.32 Å². The molecule has 0 aromatic carbocycles. The zero-order valence-corrected chi connectivity index (χ0v) is 10.4. The summed E-state index contributed by atoms with van der Waals surface area (Å²) in [7, 11) is -2.94. The van der Waals surface area contributed by atoms with Crippen molar-refractivity contribution in [3.63, 3.8) is 0 Å². The Morgan fingerprint density at radius 3 is 2.94 bits per heavy atom. The van der Waals surface area contributed by atoms with Crippen LogP contribution in [0.1, 0.15) is 12.0 Å². The standard InChI is InChI=1S/C10H10ClN3O2S/c11-9-7(5-12)1-3-13-10(9)14-8-2-4-17(15,16)6-8/h1,3,8H,2,4,6H2,(H,13,14). The zero-order chi connectivity index (χ0) is 12.5. The van der Waals surface area contributed by atoms with Crippen LogP contribution in [0.2, 0.25) is 5.02 Å². The molecular formula is C10H10ClN3O2S. The van der Waals surface area contributed by atoms with Gasteiger partial charge in [0.1, 0.15) is 16.9 Å². The lowest BCUT2D eigenvalue weighted by Gasteiger charge is -2.12.